The number of benzene rings is 2. The standard InChI is InChI=1S/C26H34O2/c1-20-17-23(19-26(2,3)18-20)25(21-9-5-4-6-10-21)22-11-13-24(14-12-22)28-16-8-7-15-27/h4-6,9-14,20,27H,7-8,15-19H2,1-3H3/b25-23+. The van der Waals surface area contributed by atoms with Gasteiger partial charge in [0.1, 0.15) is 5.75 Å². The van der Waals surface area contributed by atoms with Gasteiger partial charge < -0.3 is 9.84 Å². The van der Waals surface area contributed by atoms with Crippen molar-refractivity contribution in [2.75, 3.05) is 13.2 Å². The van der Waals surface area contributed by atoms with Gasteiger partial charge in [-0.1, -0.05) is 68.8 Å². The molecular weight excluding hydrogens is 344 g/mol. The SMILES string of the molecule is CC1C/C(=C(/c2ccccc2)c2ccc(OCCCCO)cc2)CC(C)(C)C1. The minimum absolute atomic E-state index is 0.227. The van der Waals surface area contributed by atoms with Crippen molar-refractivity contribution in [1.29, 1.82) is 0 Å². The average Bonchev–Trinajstić information content (AvgIpc) is 2.66. The number of hydrogen-bond donors (Lipinski definition) is 1. The fraction of sp³-hybridized carbons (Fsp3) is 0.462. The Balaban J connectivity index is 1.91. The van der Waals surface area contributed by atoms with Gasteiger partial charge in [-0.05, 0) is 72.3 Å². The molecule has 1 aliphatic carbocycles. The van der Waals surface area contributed by atoms with Crippen LogP contribution in [0.4, 0.5) is 0 Å². The van der Waals surface area contributed by atoms with Crippen molar-refractivity contribution < 1.29 is 9.84 Å². The second kappa shape index (κ2) is 9.43. The Morgan fingerprint density at radius 2 is 1.68 bits per heavy atom. The first-order chi connectivity index (χ1) is 13.5. The number of unbranched alkanes of at least 4 members (excludes halogenated alkanes) is 1. The average molecular weight is 379 g/mol. The maximum atomic E-state index is 8.89. The van der Waals surface area contributed by atoms with Crippen LogP contribution >= 0.6 is 0 Å². The van der Waals surface area contributed by atoms with E-state index in [0.29, 0.717) is 17.9 Å². The van der Waals surface area contributed by atoms with E-state index in [1.54, 1.807) is 5.57 Å². The molecule has 0 amide bonds. The Morgan fingerprint density at radius 1 is 1.00 bits per heavy atom. The number of rotatable bonds is 7. The molecule has 0 aromatic heterocycles. The molecule has 1 atom stereocenters. The molecule has 2 nitrogen and oxygen atoms in total. The molecule has 0 saturated heterocycles. The van der Waals surface area contributed by atoms with Gasteiger partial charge in [0.2, 0.25) is 0 Å². The second-order valence-electron chi connectivity index (χ2n) is 9.00. The van der Waals surface area contributed by atoms with Crippen LogP contribution in [-0.4, -0.2) is 18.3 Å². The van der Waals surface area contributed by atoms with Crippen molar-refractivity contribution in [1.82, 2.24) is 0 Å². The molecule has 1 N–H and O–H groups in total. The van der Waals surface area contributed by atoms with Crippen molar-refractivity contribution >= 4 is 5.57 Å². The zero-order valence-electron chi connectivity index (χ0n) is 17.6. The minimum Gasteiger partial charge on any atom is -0.494 e. The highest BCUT2D eigenvalue weighted by atomic mass is 16.5. The Bertz CT molecular complexity index is 772. The summed E-state index contributed by atoms with van der Waals surface area (Å²) < 4.78 is 5.82. The highest BCUT2D eigenvalue weighted by Crippen LogP contribution is 2.45. The van der Waals surface area contributed by atoms with E-state index in [2.05, 4.69) is 75.4 Å². The lowest BCUT2D eigenvalue weighted by molar-refractivity contribution is 0.235. The molecule has 0 bridgehead atoms. The van der Waals surface area contributed by atoms with Crippen molar-refractivity contribution in [2.24, 2.45) is 11.3 Å². The zero-order valence-corrected chi connectivity index (χ0v) is 17.6. The molecule has 1 unspecified atom stereocenters. The topological polar surface area (TPSA) is 29.5 Å². The summed E-state index contributed by atoms with van der Waals surface area (Å²) in [6.07, 6.45) is 5.29. The first-order valence-electron chi connectivity index (χ1n) is 10.6. The van der Waals surface area contributed by atoms with Crippen LogP contribution in [0.15, 0.2) is 60.2 Å². The van der Waals surface area contributed by atoms with Crippen molar-refractivity contribution in [3.05, 3.63) is 71.3 Å². The molecular formula is C26H34O2. The van der Waals surface area contributed by atoms with Crippen LogP contribution in [0, 0.1) is 11.3 Å². The third-order valence-electron chi connectivity index (χ3n) is 5.57. The lowest BCUT2D eigenvalue weighted by atomic mass is 9.68. The fourth-order valence-electron chi connectivity index (χ4n) is 4.65. The molecule has 0 aliphatic heterocycles. The van der Waals surface area contributed by atoms with E-state index in [4.69, 9.17) is 9.84 Å². The first-order valence-corrected chi connectivity index (χ1v) is 10.6. The molecule has 0 radical (unpaired) electrons. The molecule has 3 rings (SSSR count). The van der Waals surface area contributed by atoms with Crippen molar-refractivity contribution in [3.63, 3.8) is 0 Å². The van der Waals surface area contributed by atoms with Gasteiger partial charge >= 0.3 is 0 Å². The van der Waals surface area contributed by atoms with E-state index in [1.165, 1.54) is 29.5 Å². The van der Waals surface area contributed by atoms with Gasteiger partial charge in [0, 0.05) is 6.61 Å². The molecule has 1 saturated carbocycles. The summed E-state index contributed by atoms with van der Waals surface area (Å²) in [4.78, 5) is 0. The normalized spacial score (nSPS) is 20.6. The minimum atomic E-state index is 0.227. The van der Waals surface area contributed by atoms with Gasteiger partial charge in [-0.25, -0.2) is 0 Å². The van der Waals surface area contributed by atoms with Crippen LogP contribution in [-0.2, 0) is 0 Å². The predicted molar refractivity (Wildman–Crippen MR) is 118 cm³/mol. The van der Waals surface area contributed by atoms with Gasteiger partial charge in [0.15, 0.2) is 0 Å². The molecule has 1 fully saturated rings. The van der Waals surface area contributed by atoms with E-state index >= 15 is 0 Å². The van der Waals surface area contributed by atoms with Gasteiger partial charge in [-0.2, -0.15) is 0 Å². The fourth-order valence-corrected chi connectivity index (χ4v) is 4.65. The van der Waals surface area contributed by atoms with Crippen molar-refractivity contribution in [2.45, 2.75) is 52.9 Å². The molecule has 0 heterocycles. The molecule has 1 aliphatic rings. The number of aliphatic hydroxyl groups is 1. The quantitative estimate of drug-likeness (QED) is 0.558. The van der Waals surface area contributed by atoms with Gasteiger partial charge in [0.05, 0.1) is 6.61 Å². The molecule has 2 aromatic carbocycles. The second-order valence-corrected chi connectivity index (χ2v) is 9.00. The number of aliphatic hydroxyl groups excluding tert-OH is 1. The largest absolute Gasteiger partial charge is 0.494 e. The van der Waals surface area contributed by atoms with Crippen LogP contribution < -0.4 is 4.74 Å². The summed E-state index contributed by atoms with van der Waals surface area (Å²) in [6.45, 7) is 8.05. The Hall–Kier alpha value is -2.06. The highest BCUT2D eigenvalue weighted by Gasteiger charge is 2.30. The van der Waals surface area contributed by atoms with E-state index < -0.39 is 0 Å². The molecule has 0 spiro atoms. The Labute approximate surface area is 170 Å². The third kappa shape index (κ3) is 5.48. The highest BCUT2D eigenvalue weighted by molar-refractivity contribution is 5.82. The van der Waals surface area contributed by atoms with Crippen molar-refractivity contribution in [3.8, 4) is 5.75 Å². The van der Waals surface area contributed by atoms with E-state index in [9.17, 15) is 0 Å². The van der Waals surface area contributed by atoms with E-state index in [1.807, 2.05) is 0 Å². The van der Waals surface area contributed by atoms with Gasteiger partial charge in [-0.15, -0.1) is 0 Å². The maximum absolute atomic E-state index is 8.89. The van der Waals surface area contributed by atoms with Gasteiger partial charge in [0.25, 0.3) is 0 Å². The van der Waals surface area contributed by atoms with Crippen LogP contribution in [0.25, 0.3) is 5.57 Å². The first kappa shape index (κ1) is 20.7. The van der Waals surface area contributed by atoms with Crippen LogP contribution in [0.5, 0.6) is 5.75 Å². The van der Waals surface area contributed by atoms with Crippen LogP contribution in [0.1, 0.15) is 64.0 Å². The third-order valence-corrected chi connectivity index (χ3v) is 5.57. The summed E-state index contributed by atoms with van der Waals surface area (Å²) in [5.41, 5.74) is 5.90. The summed E-state index contributed by atoms with van der Waals surface area (Å²) in [5.74, 6) is 1.61. The molecule has 2 heteroatoms. The summed E-state index contributed by atoms with van der Waals surface area (Å²) in [6, 6.07) is 19.4. The van der Waals surface area contributed by atoms with E-state index in [0.717, 1.165) is 25.0 Å². The number of hydrogen-bond acceptors (Lipinski definition) is 2. The number of ether oxygens (including phenoxy) is 1. The van der Waals surface area contributed by atoms with Gasteiger partial charge in [-0.3, -0.25) is 0 Å². The summed E-state index contributed by atoms with van der Waals surface area (Å²) in [5, 5.41) is 8.89. The summed E-state index contributed by atoms with van der Waals surface area (Å²) >= 11 is 0. The summed E-state index contributed by atoms with van der Waals surface area (Å²) in [7, 11) is 0. The lowest BCUT2D eigenvalue weighted by Gasteiger charge is -2.37. The number of allylic oxidation sites excluding steroid dienone is 1. The predicted octanol–water partition coefficient (Wildman–Crippen LogP) is 6.49. The smallest absolute Gasteiger partial charge is 0.119 e. The maximum Gasteiger partial charge on any atom is 0.119 e. The monoisotopic (exact) mass is 378 g/mol. The van der Waals surface area contributed by atoms with E-state index in [-0.39, 0.29) is 6.61 Å². The Morgan fingerprint density at radius 3 is 2.32 bits per heavy atom. The molecule has 150 valence electrons. The molecule has 28 heavy (non-hydrogen) atoms. The lowest BCUT2D eigenvalue weighted by Crippen LogP contribution is -2.23. The zero-order chi connectivity index (χ0) is 20.0. The Kier molecular flexibility index (Phi) is 6.96. The van der Waals surface area contributed by atoms with Crippen LogP contribution in [0.3, 0.4) is 0 Å². The molecule has 2 aromatic rings. The van der Waals surface area contributed by atoms with Crippen LogP contribution in [0.2, 0.25) is 0 Å².